The van der Waals surface area contributed by atoms with Crippen molar-refractivity contribution in [1.29, 1.82) is 0 Å². The molecule has 20 heavy (non-hydrogen) atoms. The van der Waals surface area contributed by atoms with Gasteiger partial charge >= 0.3 is 0 Å². The minimum atomic E-state index is -0.198. The van der Waals surface area contributed by atoms with Gasteiger partial charge in [0.2, 0.25) is 0 Å². The molecule has 1 aromatic rings. The molecular formula is C16H20N2O2. The number of hydrogen-bond acceptors (Lipinski definition) is 4. The van der Waals surface area contributed by atoms with Crippen LogP contribution in [0.4, 0.5) is 11.4 Å². The summed E-state index contributed by atoms with van der Waals surface area (Å²) in [6, 6.07) is 7.21. The van der Waals surface area contributed by atoms with E-state index in [4.69, 9.17) is 5.73 Å². The highest BCUT2D eigenvalue weighted by atomic mass is 16.3. The summed E-state index contributed by atoms with van der Waals surface area (Å²) in [5.74, 6) is 0.0662. The number of carbonyl (C=O) groups excluding carboxylic acids is 1. The lowest BCUT2D eigenvalue weighted by Gasteiger charge is -2.29. The fraction of sp³-hybridized carbons (Fsp3) is 0.375. The number of allylic oxidation sites excluding steroid dienone is 2. The number of nitrogens with two attached hydrogens (primary N) is 1. The van der Waals surface area contributed by atoms with E-state index < -0.39 is 0 Å². The fourth-order valence-electron chi connectivity index (χ4n) is 2.52. The van der Waals surface area contributed by atoms with Crippen LogP contribution in [0.1, 0.15) is 33.6 Å². The van der Waals surface area contributed by atoms with Crippen LogP contribution in [0.5, 0.6) is 0 Å². The van der Waals surface area contributed by atoms with Crippen molar-refractivity contribution < 1.29 is 9.90 Å². The van der Waals surface area contributed by atoms with Gasteiger partial charge in [-0.3, -0.25) is 9.79 Å². The predicted octanol–water partition coefficient (Wildman–Crippen LogP) is 3.56. The number of nitrogen functional groups attached to an aromatic ring is 1. The van der Waals surface area contributed by atoms with Crippen molar-refractivity contribution in [2.75, 3.05) is 5.73 Å². The summed E-state index contributed by atoms with van der Waals surface area (Å²) >= 11 is 0. The number of ketones is 1. The summed E-state index contributed by atoms with van der Waals surface area (Å²) in [7, 11) is 0. The number of hydrogen-bond donors (Lipinski definition) is 2. The van der Waals surface area contributed by atoms with Crippen molar-refractivity contribution in [3.63, 3.8) is 0 Å². The second-order valence-electron chi connectivity index (χ2n) is 6.02. The number of aliphatic hydroxyl groups excluding tert-OH is 1. The maximum Gasteiger partial charge on any atom is 0.168 e. The maximum absolute atomic E-state index is 12.2. The van der Waals surface area contributed by atoms with Gasteiger partial charge in [0, 0.05) is 12.8 Å². The quantitative estimate of drug-likeness (QED) is 0.638. The van der Waals surface area contributed by atoms with Gasteiger partial charge in [-0.1, -0.05) is 26.0 Å². The second kappa shape index (κ2) is 5.12. The average Bonchev–Trinajstić information content (AvgIpc) is 2.29. The van der Waals surface area contributed by atoms with E-state index in [9.17, 15) is 9.90 Å². The summed E-state index contributed by atoms with van der Waals surface area (Å²) in [5.41, 5.74) is 7.66. The van der Waals surface area contributed by atoms with Gasteiger partial charge < -0.3 is 10.8 Å². The number of para-hydroxylation sites is 2. The highest BCUT2D eigenvalue weighted by Gasteiger charge is 2.34. The molecule has 0 heterocycles. The molecule has 0 spiro atoms. The zero-order valence-electron chi connectivity index (χ0n) is 12.1. The molecule has 1 aliphatic carbocycles. The zero-order valence-corrected chi connectivity index (χ0v) is 12.1. The van der Waals surface area contributed by atoms with Crippen LogP contribution < -0.4 is 5.73 Å². The predicted molar refractivity (Wildman–Crippen MR) is 81.3 cm³/mol. The van der Waals surface area contributed by atoms with Crippen LogP contribution in [0.15, 0.2) is 40.6 Å². The van der Waals surface area contributed by atoms with Crippen molar-refractivity contribution in [3.05, 3.63) is 35.6 Å². The van der Waals surface area contributed by atoms with E-state index in [2.05, 4.69) is 4.99 Å². The van der Waals surface area contributed by atoms with Gasteiger partial charge in [-0.15, -0.1) is 0 Å². The van der Waals surface area contributed by atoms with Crippen LogP contribution in [0.3, 0.4) is 0 Å². The van der Waals surface area contributed by atoms with Crippen molar-refractivity contribution in [3.8, 4) is 0 Å². The highest BCUT2D eigenvalue weighted by Crippen LogP contribution is 2.36. The number of Topliss-reactive ketones (excluding diaryl/α,β-unsaturated/α-hetero) is 1. The average molecular weight is 272 g/mol. The highest BCUT2D eigenvalue weighted by molar-refractivity contribution is 6.23. The lowest BCUT2D eigenvalue weighted by atomic mass is 9.76. The molecule has 0 unspecified atom stereocenters. The minimum absolute atomic E-state index is 0.0606. The van der Waals surface area contributed by atoms with E-state index in [1.165, 1.54) is 0 Å². The first kappa shape index (κ1) is 14.3. The Labute approximate surface area is 119 Å². The molecule has 0 atom stereocenters. The van der Waals surface area contributed by atoms with Crippen molar-refractivity contribution >= 4 is 22.9 Å². The summed E-state index contributed by atoms with van der Waals surface area (Å²) in [6.07, 6.45) is 0.911. The van der Waals surface area contributed by atoms with Crippen LogP contribution in [0.25, 0.3) is 0 Å². The van der Waals surface area contributed by atoms with Crippen LogP contribution >= 0.6 is 0 Å². The van der Waals surface area contributed by atoms with Crippen LogP contribution in [-0.2, 0) is 4.79 Å². The molecule has 0 aliphatic heterocycles. The molecule has 4 heteroatoms. The van der Waals surface area contributed by atoms with E-state index in [1.807, 2.05) is 26.0 Å². The Morgan fingerprint density at radius 1 is 1.30 bits per heavy atom. The molecule has 106 valence electrons. The molecule has 0 saturated carbocycles. The summed E-state index contributed by atoms with van der Waals surface area (Å²) in [5, 5.41) is 10.1. The molecule has 0 bridgehead atoms. The van der Waals surface area contributed by atoms with Crippen molar-refractivity contribution in [2.45, 2.75) is 33.6 Å². The Hall–Kier alpha value is -2.10. The number of anilines is 1. The Morgan fingerprint density at radius 2 is 1.95 bits per heavy atom. The third-order valence-electron chi connectivity index (χ3n) is 3.44. The number of aliphatic imine (C=N–C) groups is 1. The summed E-state index contributed by atoms with van der Waals surface area (Å²) in [6.45, 7) is 5.67. The topological polar surface area (TPSA) is 75.7 Å². The molecule has 2 rings (SSSR count). The zero-order chi connectivity index (χ0) is 14.9. The molecule has 1 aliphatic rings. The standard InChI is InChI=1S/C16H20N2O2/c1-10(18-12-7-5-4-6-11(12)17)15-13(19)8-16(2,3)9-14(15)20/h4-7,19H,8-9,17H2,1-3H3. The summed E-state index contributed by atoms with van der Waals surface area (Å²) < 4.78 is 0. The first-order valence-corrected chi connectivity index (χ1v) is 6.66. The molecule has 0 aromatic heterocycles. The van der Waals surface area contributed by atoms with E-state index in [0.29, 0.717) is 35.5 Å². The van der Waals surface area contributed by atoms with Crippen LogP contribution in [-0.4, -0.2) is 16.6 Å². The lowest BCUT2D eigenvalue weighted by molar-refractivity contribution is -0.117. The second-order valence-corrected chi connectivity index (χ2v) is 6.02. The van der Waals surface area contributed by atoms with Gasteiger partial charge in [-0.05, 0) is 24.5 Å². The Bertz CT molecular complexity index is 613. The molecule has 0 radical (unpaired) electrons. The van der Waals surface area contributed by atoms with E-state index in [1.54, 1.807) is 19.1 Å². The van der Waals surface area contributed by atoms with Gasteiger partial charge in [-0.2, -0.15) is 0 Å². The number of nitrogens with zero attached hydrogens (tertiary/aromatic N) is 1. The first-order chi connectivity index (χ1) is 9.30. The smallest absolute Gasteiger partial charge is 0.168 e. The van der Waals surface area contributed by atoms with Gasteiger partial charge in [0.05, 0.1) is 22.7 Å². The Morgan fingerprint density at radius 3 is 2.55 bits per heavy atom. The largest absolute Gasteiger partial charge is 0.511 e. The minimum Gasteiger partial charge on any atom is -0.511 e. The fourth-order valence-corrected chi connectivity index (χ4v) is 2.52. The third kappa shape index (κ3) is 2.90. The van der Waals surface area contributed by atoms with E-state index in [-0.39, 0.29) is 17.0 Å². The number of benzene rings is 1. The number of carbonyl (C=O) groups is 1. The SMILES string of the molecule is CC(=Nc1ccccc1N)C1=C(O)CC(C)(C)CC1=O. The Kier molecular flexibility index (Phi) is 3.66. The summed E-state index contributed by atoms with van der Waals surface area (Å²) in [4.78, 5) is 16.6. The van der Waals surface area contributed by atoms with Crippen molar-refractivity contribution in [2.24, 2.45) is 10.4 Å². The maximum atomic E-state index is 12.2. The molecule has 4 nitrogen and oxygen atoms in total. The van der Waals surface area contributed by atoms with Crippen molar-refractivity contribution in [1.82, 2.24) is 0 Å². The monoisotopic (exact) mass is 272 g/mol. The van der Waals surface area contributed by atoms with Gasteiger partial charge in [-0.25, -0.2) is 0 Å². The number of aliphatic hydroxyl groups is 1. The first-order valence-electron chi connectivity index (χ1n) is 6.66. The van der Waals surface area contributed by atoms with E-state index >= 15 is 0 Å². The van der Waals surface area contributed by atoms with Gasteiger partial charge in [0.1, 0.15) is 5.76 Å². The Balaban J connectivity index is 2.41. The molecule has 0 amide bonds. The van der Waals surface area contributed by atoms with Crippen LogP contribution in [0.2, 0.25) is 0 Å². The number of rotatable bonds is 2. The molecule has 3 N–H and O–H groups in total. The van der Waals surface area contributed by atoms with Crippen LogP contribution in [0, 0.1) is 5.41 Å². The molecule has 1 aromatic carbocycles. The lowest BCUT2D eigenvalue weighted by Crippen LogP contribution is -2.28. The molecule has 0 fully saturated rings. The molecular weight excluding hydrogens is 252 g/mol. The third-order valence-corrected chi connectivity index (χ3v) is 3.44. The van der Waals surface area contributed by atoms with Gasteiger partial charge in [0.25, 0.3) is 0 Å². The van der Waals surface area contributed by atoms with E-state index in [0.717, 1.165) is 0 Å². The van der Waals surface area contributed by atoms with Gasteiger partial charge in [0.15, 0.2) is 5.78 Å². The normalized spacial score (nSPS) is 19.4. The molecule has 0 saturated heterocycles.